The molecule has 0 aliphatic carbocycles. The Balaban J connectivity index is 2.50. The third-order valence-corrected chi connectivity index (χ3v) is 2.70. The van der Waals surface area contributed by atoms with Gasteiger partial charge in [-0.2, -0.15) is 0 Å². The molecule has 0 aromatic carbocycles. The summed E-state index contributed by atoms with van der Waals surface area (Å²) < 4.78 is 0. The molecule has 0 aliphatic heterocycles. The van der Waals surface area contributed by atoms with Crippen molar-refractivity contribution >= 4 is 17.6 Å². The molecule has 3 N–H and O–H groups in total. The molecule has 0 radical (unpaired) electrons. The number of nitrogens with one attached hydrogen (secondary N) is 1. The summed E-state index contributed by atoms with van der Waals surface area (Å²) in [5, 5.41) is 21.7. The fourth-order valence-electron chi connectivity index (χ4n) is 0.930. The van der Waals surface area contributed by atoms with Crippen molar-refractivity contribution in [3.8, 4) is 0 Å². The second-order valence-corrected chi connectivity index (χ2v) is 3.96. The van der Waals surface area contributed by atoms with Crippen molar-refractivity contribution in [3.05, 3.63) is 12.4 Å². The van der Waals surface area contributed by atoms with Gasteiger partial charge in [0.1, 0.15) is 17.2 Å². The van der Waals surface area contributed by atoms with E-state index in [2.05, 4.69) is 15.3 Å². The van der Waals surface area contributed by atoms with Gasteiger partial charge in [0, 0.05) is 18.4 Å². The number of rotatable bonds is 6. The number of anilines is 1. The molecule has 0 saturated heterocycles. The highest BCUT2D eigenvalue weighted by molar-refractivity contribution is 7.99. The van der Waals surface area contributed by atoms with E-state index in [0.717, 1.165) is 17.4 Å². The van der Waals surface area contributed by atoms with Gasteiger partial charge in [-0.3, -0.25) is 0 Å². The molecule has 6 heteroatoms. The maximum Gasteiger partial charge on any atom is 0.130 e. The van der Waals surface area contributed by atoms with Crippen LogP contribution in [0.2, 0.25) is 0 Å². The molecule has 1 aromatic heterocycles. The first kappa shape index (κ1) is 12.2. The van der Waals surface area contributed by atoms with Gasteiger partial charge in [-0.1, -0.05) is 0 Å². The molecule has 5 nitrogen and oxygen atoms in total. The fourth-order valence-corrected chi connectivity index (χ4v) is 1.72. The average molecular weight is 229 g/mol. The summed E-state index contributed by atoms with van der Waals surface area (Å²) in [6.07, 6.45) is 0.776. The van der Waals surface area contributed by atoms with Crippen LogP contribution >= 0.6 is 11.8 Å². The van der Waals surface area contributed by atoms with Gasteiger partial charge in [-0.05, 0) is 6.92 Å². The van der Waals surface area contributed by atoms with E-state index in [9.17, 15) is 0 Å². The Morgan fingerprint density at radius 2 is 2.33 bits per heavy atom. The van der Waals surface area contributed by atoms with E-state index in [0.29, 0.717) is 5.75 Å². The van der Waals surface area contributed by atoms with Crippen LogP contribution in [0.3, 0.4) is 0 Å². The van der Waals surface area contributed by atoms with Crippen LogP contribution in [0.1, 0.15) is 6.92 Å². The summed E-state index contributed by atoms with van der Waals surface area (Å²) in [4.78, 5) is 8.08. The molecule has 1 rings (SSSR count). The summed E-state index contributed by atoms with van der Waals surface area (Å²) in [5.41, 5.74) is 0. The molecule has 0 fully saturated rings. The predicted molar refractivity (Wildman–Crippen MR) is 60.0 cm³/mol. The topological polar surface area (TPSA) is 78.3 Å². The highest BCUT2D eigenvalue weighted by Crippen LogP contribution is 2.17. The minimum absolute atomic E-state index is 0.224. The molecule has 0 amide bonds. The van der Waals surface area contributed by atoms with Gasteiger partial charge in [0.15, 0.2) is 0 Å². The van der Waals surface area contributed by atoms with Crippen LogP contribution in [0.25, 0.3) is 0 Å². The number of thioether (sulfide) groups is 1. The summed E-state index contributed by atoms with van der Waals surface area (Å²) >= 11 is 1.39. The number of hydrogen-bond donors (Lipinski definition) is 3. The van der Waals surface area contributed by atoms with Crippen LogP contribution in [0.4, 0.5) is 5.82 Å². The quantitative estimate of drug-likeness (QED) is 0.483. The van der Waals surface area contributed by atoms with Crippen LogP contribution in [0.5, 0.6) is 0 Å². The van der Waals surface area contributed by atoms with E-state index in [1.54, 1.807) is 0 Å². The maximum atomic E-state index is 9.16. The van der Waals surface area contributed by atoms with Crippen molar-refractivity contribution in [1.82, 2.24) is 9.97 Å². The summed E-state index contributed by atoms with van der Waals surface area (Å²) in [7, 11) is 0. The first-order valence-corrected chi connectivity index (χ1v) is 5.72. The first-order chi connectivity index (χ1) is 7.26. The monoisotopic (exact) mass is 229 g/mol. The van der Waals surface area contributed by atoms with Crippen molar-refractivity contribution in [1.29, 1.82) is 0 Å². The number of aliphatic hydroxyl groups excluding tert-OH is 2. The Kier molecular flexibility index (Phi) is 5.38. The molecule has 0 bridgehead atoms. The number of aromatic nitrogens is 2. The molecule has 1 unspecified atom stereocenters. The lowest BCUT2D eigenvalue weighted by Crippen LogP contribution is -2.14. The standard InChI is InChI=1S/C9H15N3O2S/c1-2-10-8-3-9(12-6-11-8)15-5-7(14)4-13/h3,6-7,13-14H,2,4-5H2,1H3,(H,10,11,12). The lowest BCUT2D eigenvalue weighted by Gasteiger charge is -2.07. The molecule has 15 heavy (non-hydrogen) atoms. The Morgan fingerprint density at radius 3 is 3.00 bits per heavy atom. The minimum atomic E-state index is -0.701. The largest absolute Gasteiger partial charge is 0.394 e. The van der Waals surface area contributed by atoms with Gasteiger partial charge in [0.05, 0.1) is 12.7 Å². The zero-order valence-corrected chi connectivity index (χ0v) is 9.37. The normalized spacial score (nSPS) is 12.5. The van der Waals surface area contributed by atoms with E-state index in [1.165, 1.54) is 18.1 Å². The van der Waals surface area contributed by atoms with Gasteiger partial charge in [-0.15, -0.1) is 11.8 Å². The highest BCUT2D eigenvalue weighted by atomic mass is 32.2. The fraction of sp³-hybridized carbons (Fsp3) is 0.556. The van der Waals surface area contributed by atoms with Crippen molar-refractivity contribution in [2.75, 3.05) is 24.2 Å². The molecule has 1 aromatic rings. The van der Waals surface area contributed by atoms with E-state index in [-0.39, 0.29) is 6.61 Å². The molecule has 1 heterocycles. The second-order valence-electron chi connectivity index (χ2n) is 2.92. The van der Waals surface area contributed by atoms with Gasteiger partial charge in [0.2, 0.25) is 0 Å². The van der Waals surface area contributed by atoms with Crippen LogP contribution in [-0.4, -0.2) is 45.2 Å². The zero-order valence-electron chi connectivity index (χ0n) is 8.55. The van der Waals surface area contributed by atoms with Crippen LogP contribution in [-0.2, 0) is 0 Å². The predicted octanol–water partition coefficient (Wildman–Crippen LogP) is 0.354. The summed E-state index contributed by atoms with van der Waals surface area (Å²) in [6, 6.07) is 1.82. The zero-order chi connectivity index (χ0) is 11.1. The van der Waals surface area contributed by atoms with Crippen molar-refractivity contribution in [2.45, 2.75) is 18.1 Å². The molecular weight excluding hydrogens is 214 g/mol. The SMILES string of the molecule is CCNc1cc(SCC(O)CO)ncn1. The van der Waals surface area contributed by atoms with Gasteiger partial charge >= 0.3 is 0 Å². The van der Waals surface area contributed by atoms with Crippen LogP contribution < -0.4 is 5.32 Å². The number of hydrogen-bond acceptors (Lipinski definition) is 6. The van der Waals surface area contributed by atoms with Crippen LogP contribution in [0.15, 0.2) is 17.4 Å². The minimum Gasteiger partial charge on any atom is -0.394 e. The maximum absolute atomic E-state index is 9.16. The smallest absolute Gasteiger partial charge is 0.130 e. The lowest BCUT2D eigenvalue weighted by atomic mass is 10.4. The van der Waals surface area contributed by atoms with Crippen LogP contribution in [0, 0.1) is 0 Å². The van der Waals surface area contributed by atoms with Gasteiger partial charge < -0.3 is 15.5 Å². The second kappa shape index (κ2) is 6.60. The highest BCUT2D eigenvalue weighted by Gasteiger charge is 2.04. The Morgan fingerprint density at radius 1 is 1.53 bits per heavy atom. The lowest BCUT2D eigenvalue weighted by molar-refractivity contribution is 0.113. The molecule has 0 aliphatic rings. The van der Waals surface area contributed by atoms with Crippen molar-refractivity contribution < 1.29 is 10.2 Å². The van der Waals surface area contributed by atoms with Crippen molar-refractivity contribution in [3.63, 3.8) is 0 Å². The van der Waals surface area contributed by atoms with Gasteiger partial charge in [0.25, 0.3) is 0 Å². The third-order valence-electron chi connectivity index (χ3n) is 1.63. The van der Waals surface area contributed by atoms with E-state index < -0.39 is 6.10 Å². The Bertz CT molecular complexity index is 298. The Hall–Kier alpha value is -0.850. The van der Waals surface area contributed by atoms with E-state index >= 15 is 0 Å². The molecule has 0 spiro atoms. The first-order valence-electron chi connectivity index (χ1n) is 4.74. The Labute approximate surface area is 93.0 Å². The molecular formula is C9H15N3O2S. The molecule has 0 saturated carbocycles. The molecule has 1 atom stereocenters. The van der Waals surface area contributed by atoms with Gasteiger partial charge in [-0.25, -0.2) is 9.97 Å². The molecule has 84 valence electrons. The number of nitrogens with zero attached hydrogens (tertiary/aromatic N) is 2. The summed E-state index contributed by atoms with van der Waals surface area (Å²) in [5.74, 6) is 1.20. The number of aliphatic hydroxyl groups is 2. The summed E-state index contributed by atoms with van der Waals surface area (Å²) in [6.45, 7) is 2.57. The average Bonchev–Trinajstić information content (AvgIpc) is 2.27. The van der Waals surface area contributed by atoms with E-state index in [1.807, 2.05) is 13.0 Å². The third kappa shape index (κ3) is 4.46. The van der Waals surface area contributed by atoms with Crippen molar-refractivity contribution in [2.24, 2.45) is 0 Å². The van der Waals surface area contributed by atoms with E-state index in [4.69, 9.17) is 10.2 Å².